The predicted octanol–water partition coefficient (Wildman–Crippen LogP) is 3.89. The molecule has 0 heterocycles. The minimum Gasteiger partial charge on any atom is -0.452 e. The van der Waals surface area contributed by atoms with Crippen LogP contribution in [0, 0.1) is 0 Å². The Kier molecular flexibility index (Phi) is 6.75. The highest BCUT2D eigenvalue weighted by molar-refractivity contribution is 5.91. The standard InChI is InChI=1S/C21H25NO3/c1-15(2)17-9-11-19(12-10-17)21(24)25-14-20(23)22-13-16(3)18-7-5-4-6-8-18/h4-12,15-16H,13-14H2,1-3H3,(H,22,23)/t16-/m0/s1. The molecule has 0 bridgehead atoms. The van der Waals surface area contributed by atoms with Crippen molar-refractivity contribution in [3.05, 3.63) is 71.3 Å². The van der Waals surface area contributed by atoms with Gasteiger partial charge in [-0.1, -0.05) is 63.2 Å². The van der Waals surface area contributed by atoms with Crippen LogP contribution in [0.25, 0.3) is 0 Å². The molecule has 0 unspecified atom stereocenters. The van der Waals surface area contributed by atoms with Gasteiger partial charge in [0, 0.05) is 6.54 Å². The van der Waals surface area contributed by atoms with Crippen LogP contribution in [0.5, 0.6) is 0 Å². The fourth-order valence-electron chi connectivity index (χ4n) is 2.44. The average molecular weight is 339 g/mol. The van der Waals surface area contributed by atoms with E-state index < -0.39 is 5.97 Å². The molecule has 0 radical (unpaired) electrons. The molecule has 0 aliphatic carbocycles. The van der Waals surface area contributed by atoms with Gasteiger partial charge in [0.25, 0.3) is 5.91 Å². The van der Waals surface area contributed by atoms with Crippen LogP contribution < -0.4 is 5.32 Å². The molecule has 0 spiro atoms. The van der Waals surface area contributed by atoms with E-state index in [4.69, 9.17) is 4.74 Å². The highest BCUT2D eigenvalue weighted by atomic mass is 16.5. The second kappa shape index (κ2) is 9.02. The number of nitrogens with one attached hydrogen (secondary N) is 1. The van der Waals surface area contributed by atoms with Crippen molar-refractivity contribution in [2.24, 2.45) is 0 Å². The van der Waals surface area contributed by atoms with Crippen LogP contribution in [-0.4, -0.2) is 25.0 Å². The summed E-state index contributed by atoms with van der Waals surface area (Å²) in [4.78, 5) is 23.9. The molecule has 1 atom stereocenters. The molecule has 0 aliphatic rings. The summed E-state index contributed by atoms with van der Waals surface area (Å²) in [5, 5.41) is 2.80. The van der Waals surface area contributed by atoms with Crippen molar-refractivity contribution in [3.8, 4) is 0 Å². The number of hydrogen-bond donors (Lipinski definition) is 1. The molecular weight excluding hydrogens is 314 g/mol. The van der Waals surface area contributed by atoms with Gasteiger partial charge in [0.15, 0.2) is 6.61 Å². The lowest BCUT2D eigenvalue weighted by molar-refractivity contribution is -0.124. The van der Waals surface area contributed by atoms with Crippen LogP contribution in [0.4, 0.5) is 0 Å². The maximum atomic E-state index is 12.0. The van der Waals surface area contributed by atoms with E-state index >= 15 is 0 Å². The highest BCUT2D eigenvalue weighted by Gasteiger charge is 2.12. The topological polar surface area (TPSA) is 55.4 Å². The normalized spacial score (nSPS) is 11.8. The van der Waals surface area contributed by atoms with Crippen molar-refractivity contribution >= 4 is 11.9 Å². The summed E-state index contributed by atoms with van der Waals surface area (Å²) in [5.74, 6) is -0.177. The summed E-state index contributed by atoms with van der Waals surface area (Å²) in [7, 11) is 0. The van der Waals surface area contributed by atoms with Crippen LogP contribution in [0.2, 0.25) is 0 Å². The van der Waals surface area contributed by atoms with Gasteiger partial charge in [-0.15, -0.1) is 0 Å². The summed E-state index contributed by atoms with van der Waals surface area (Å²) < 4.78 is 5.08. The molecule has 0 saturated carbocycles. The maximum Gasteiger partial charge on any atom is 0.338 e. The second-order valence-corrected chi connectivity index (χ2v) is 6.47. The zero-order valence-corrected chi connectivity index (χ0v) is 15.0. The van der Waals surface area contributed by atoms with E-state index in [-0.39, 0.29) is 18.4 Å². The third kappa shape index (κ3) is 5.75. The molecule has 4 nitrogen and oxygen atoms in total. The van der Waals surface area contributed by atoms with Crippen molar-refractivity contribution in [1.82, 2.24) is 5.32 Å². The minimum absolute atomic E-state index is 0.199. The first-order valence-electron chi connectivity index (χ1n) is 8.56. The molecule has 4 heteroatoms. The van der Waals surface area contributed by atoms with E-state index in [1.807, 2.05) is 49.4 Å². The lowest BCUT2D eigenvalue weighted by atomic mass is 10.0. The quantitative estimate of drug-likeness (QED) is 0.779. The van der Waals surface area contributed by atoms with Gasteiger partial charge in [0.1, 0.15) is 0 Å². The first kappa shape index (κ1) is 18.7. The first-order chi connectivity index (χ1) is 12.0. The monoisotopic (exact) mass is 339 g/mol. The lowest BCUT2D eigenvalue weighted by Gasteiger charge is -2.13. The van der Waals surface area contributed by atoms with Crippen molar-refractivity contribution in [2.45, 2.75) is 32.6 Å². The van der Waals surface area contributed by atoms with E-state index in [9.17, 15) is 9.59 Å². The Bertz CT molecular complexity index is 693. The third-order valence-corrected chi connectivity index (χ3v) is 4.12. The molecule has 25 heavy (non-hydrogen) atoms. The summed E-state index contributed by atoms with van der Waals surface area (Å²) >= 11 is 0. The Labute approximate surface area is 149 Å². The number of hydrogen-bond acceptors (Lipinski definition) is 3. The number of esters is 1. The average Bonchev–Trinajstić information content (AvgIpc) is 2.64. The smallest absolute Gasteiger partial charge is 0.338 e. The molecule has 0 aliphatic heterocycles. The number of rotatable bonds is 7. The summed E-state index contributed by atoms with van der Waals surface area (Å²) in [6.07, 6.45) is 0. The van der Waals surface area contributed by atoms with Crippen LogP contribution >= 0.6 is 0 Å². The summed E-state index contributed by atoms with van der Waals surface area (Å²) in [6, 6.07) is 17.2. The van der Waals surface area contributed by atoms with Gasteiger partial charge in [-0.05, 0) is 35.1 Å². The minimum atomic E-state index is -0.485. The zero-order chi connectivity index (χ0) is 18.2. The SMILES string of the molecule is CC(C)c1ccc(C(=O)OCC(=O)NC[C@H](C)c2ccccc2)cc1. The number of carbonyl (C=O) groups excluding carboxylic acids is 2. The van der Waals surface area contributed by atoms with Gasteiger partial charge in [-0.3, -0.25) is 4.79 Å². The van der Waals surface area contributed by atoms with Crippen LogP contribution in [0.15, 0.2) is 54.6 Å². The molecule has 2 aromatic rings. The fourth-order valence-corrected chi connectivity index (χ4v) is 2.44. The summed E-state index contributed by atoms with van der Waals surface area (Å²) in [5.41, 5.74) is 2.77. The van der Waals surface area contributed by atoms with E-state index in [1.165, 1.54) is 0 Å². The number of benzene rings is 2. The van der Waals surface area contributed by atoms with Gasteiger partial charge in [-0.25, -0.2) is 4.79 Å². The molecule has 132 valence electrons. The van der Waals surface area contributed by atoms with Crippen molar-refractivity contribution < 1.29 is 14.3 Å². The van der Waals surface area contributed by atoms with Crippen LogP contribution in [0.3, 0.4) is 0 Å². The van der Waals surface area contributed by atoms with Crippen LogP contribution in [0.1, 0.15) is 54.1 Å². The van der Waals surface area contributed by atoms with E-state index in [0.29, 0.717) is 18.0 Å². The van der Waals surface area contributed by atoms with Gasteiger partial charge in [0.2, 0.25) is 0 Å². The van der Waals surface area contributed by atoms with E-state index in [1.54, 1.807) is 12.1 Å². The van der Waals surface area contributed by atoms with E-state index in [0.717, 1.165) is 11.1 Å². The molecular formula is C21H25NO3. The van der Waals surface area contributed by atoms with Crippen molar-refractivity contribution in [3.63, 3.8) is 0 Å². The molecule has 2 aromatic carbocycles. The van der Waals surface area contributed by atoms with Gasteiger partial charge >= 0.3 is 5.97 Å². The van der Waals surface area contributed by atoms with Gasteiger partial charge < -0.3 is 10.1 Å². The van der Waals surface area contributed by atoms with E-state index in [2.05, 4.69) is 19.2 Å². The van der Waals surface area contributed by atoms with Gasteiger partial charge in [0.05, 0.1) is 5.56 Å². The summed E-state index contributed by atoms with van der Waals surface area (Å²) in [6.45, 7) is 6.45. The van der Waals surface area contributed by atoms with Crippen LogP contribution in [-0.2, 0) is 9.53 Å². The number of amides is 1. The Balaban J connectivity index is 1.76. The maximum absolute atomic E-state index is 12.0. The molecule has 1 amide bonds. The third-order valence-electron chi connectivity index (χ3n) is 4.12. The molecule has 2 rings (SSSR count). The predicted molar refractivity (Wildman–Crippen MR) is 98.7 cm³/mol. The first-order valence-corrected chi connectivity index (χ1v) is 8.56. The zero-order valence-electron chi connectivity index (χ0n) is 15.0. The lowest BCUT2D eigenvalue weighted by Crippen LogP contribution is -2.31. The second-order valence-electron chi connectivity index (χ2n) is 6.47. The van der Waals surface area contributed by atoms with Gasteiger partial charge in [-0.2, -0.15) is 0 Å². The molecule has 0 saturated heterocycles. The largest absolute Gasteiger partial charge is 0.452 e. The Morgan fingerprint density at radius 2 is 1.56 bits per heavy atom. The number of carbonyl (C=O) groups is 2. The molecule has 0 fully saturated rings. The number of ether oxygens (including phenoxy) is 1. The highest BCUT2D eigenvalue weighted by Crippen LogP contribution is 2.15. The Hall–Kier alpha value is -2.62. The van der Waals surface area contributed by atoms with Crippen molar-refractivity contribution in [1.29, 1.82) is 0 Å². The molecule has 0 aromatic heterocycles. The Morgan fingerprint density at radius 1 is 0.920 bits per heavy atom. The van der Waals surface area contributed by atoms with Crippen molar-refractivity contribution in [2.75, 3.05) is 13.2 Å². The fraction of sp³-hybridized carbons (Fsp3) is 0.333. The Morgan fingerprint density at radius 3 is 2.16 bits per heavy atom. The molecule has 1 N–H and O–H groups in total.